The first-order valence-corrected chi connectivity index (χ1v) is 16.0. The topological polar surface area (TPSA) is 44.2 Å². The minimum Gasteiger partial charge on any atom is -0.497 e. The Labute approximate surface area is 279 Å². The van der Waals surface area contributed by atoms with Crippen molar-refractivity contribution >= 4 is 21.5 Å². The molecule has 0 radical (unpaired) electrons. The smallest absolute Gasteiger partial charge is 0.119 e. The fourth-order valence-corrected chi connectivity index (χ4v) is 6.60. The molecule has 48 heavy (non-hydrogen) atoms. The van der Waals surface area contributed by atoms with Gasteiger partial charge in [0.05, 0.1) is 37.0 Å². The summed E-state index contributed by atoms with van der Waals surface area (Å²) in [5.74, 6) is 1.56. The maximum Gasteiger partial charge on any atom is 0.119 e. The molecule has 2 heterocycles. The largest absolute Gasteiger partial charge is 0.497 e. The van der Waals surface area contributed by atoms with Gasteiger partial charge in [0, 0.05) is 33.0 Å². The third-order valence-electron chi connectivity index (χ3n) is 8.87. The molecule has 4 nitrogen and oxygen atoms in total. The fourth-order valence-electron chi connectivity index (χ4n) is 6.60. The van der Waals surface area contributed by atoms with Crippen LogP contribution in [0.3, 0.4) is 0 Å². The van der Waals surface area contributed by atoms with Gasteiger partial charge in [0.2, 0.25) is 0 Å². The van der Waals surface area contributed by atoms with Crippen LogP contribution in [-0.2, 0) is 0 Å². The lowest BCUT2D eigenvalue weighted by Gasteiger charge is -2.20. The first kappa shape index (κ1) is 29.2. The number of nitrogens with zero attached hydrogens (tertiary/aromatic N) is 2. The van der Waals surface area contributed by atoms with Crippen molar-refractivity contribution in [3.63, 3.8) is 0 Å². The van der Waals surface area contributed by atoms with E-state index in [0.29, 0.717) is 0 Å². The summed E-state index contributed by atoms with van der Waals surface area (Å²) in [7, 11) is 3.42. The first-order valence-electron chi connectivity index (χ1n) is 16.0. The van der Waals surface area contributed by atoms with Crippen molar-refractivity contribution in [3.8, 4) is 67.7 Å². The summed E-state index contributed by atoms with van der Waals surface area (Å²) >= 11 is 0. The highest BCUT2D eigenvalue weighted by Crippen LogP contribution is 2.46. The molecule has 230 valence electrons. The van der Waals surface area contributed by atoms with E-state index in [1.807, 2.05) is 36.4 Å². The summed E-state index contributed by atoms with van der Waals surface area (Å²) in [5.41, 5.74) is 9.69. The molecule has 4 heteroatoms. The molecule has 0 aliphatic heterocycles. The molecule has 0 aliphatic rings. The van der Waals surface area contributed by atoms with Crippen molar-refractivity contribution in [1.29, 1.82) is 0 Å². The molecule has 0 amide bonds. The third-order valence-corrected chi connectivity index (χ3v) is 8.87. The van der Waals surface area contributed by atoms with E-state index in [1.54, 1.807) is 14.2 Å². The van der Waals surface area contributed by atoms with Crippen LogP contribution in [0.2, 0.25) is 0 Å². The zero-order valence-electron chi connectivity index (χ0n) is 26.7. The Morgan fingerprint density at radius 2 is 0.667 bits per heavy atom. The van der Waals surface area contributed by atoms with Crippen LogP contribution in [0.4, 0.5) is 0 Å². The van der Waals surface area contributed by atoms with Crippen LogP contribution in [0.5, 0.6) is 11.5 Å². The number of rotatable bonds is 7. The van der Waals surface area contributed by atoms with E-state index in [-0.39, 0.29) is 0 Å². The monoisotopic (exact) mass is 620 g/mol. The molecule has 0 N–H and O–H groups in total. The quantitative estimate of drug-likeness (QED) is 0.178. The van der Waals surface area contributed by atoms with Crippen LogP contribution in [0.1, 0.15) is 0 Å². The van der Waals surface area contributed by atoms with Gasteiger partial charge in [0.25, 0.3) is 0 Å². The molecule has 0 saturated heterocycles. The molecule has 6 aromatic carbocycles. The molecule has 8 rings (SSSR count). The summed E-state index contributed by atoms with van der Waals surface area (Å²) in [4.78, 5) is 11.1. The average Bonchev–Trinajstić information content (AvgIpc) is 3.17. The van der Waals surface area contributed by atoms with Crippen molar-refractivity contribution in [2.24, 2.45) is 0 Å². The summed E-state index contributed by atoms with van der Waals surface area (Å²) in [5, 5.41) is 4.07. The normalized spacial score (nSPS) is 11.1. The van der Waals surface area contributed by atoms with E-state index in [4.69, 9.17) is 19.4 Å². The second-order valence-electron chi connectivity index (χ2n) is 11.7. The second-order valence-corrected chi connectivity index (χ2v) is 11.7. The van der Waals surface area contributed by atoms with E-state index in [2.05, 4.69) is 121 Å². The summed E-state index contributed by atoms with van der Waals surface area (Å²) in [6, 6.07) is 54.2. The zero-order valence-corrected chi connectivity index (χ0v) is 26.7. The van der Waals surface area contributed by atoms with Gasteiger partial charge in [-0.15, -0.1) is 0 Å². The van der Waals surface area contributed by atoms with Crippen LogP contribution in [0.25, 0.3) is 77.7 Å². The van der Waals surface area contributed by atoms with Gasteiger partial charge in [-0.05, 0) is 58.3 Å². The van der Waals surface area contributed by atoms with Gasteiger partial charge in [-0.25, -0.2) is 9.97 Å². The number of ether oxygens (including phenoxy) is 2. The molecule has 0 spiro atoms. The van der Waals surface area contributed by atoms with Crippen molar-refractivity contribution in [3.05, 3.63) is 158 Å². The second kappa shape index (κ2) is 12.5. The number of fused-ring (bicyclic) bond motifs is 2. The summed E-state index contributed by atoms with van der Waals surface area (Å²) in [6.45, 7) is 0. The van der Waals surface area contributed by atoms with E-state index < -0.39 is 0 Å². The van der Waals surface area contributed by atoms with Gasteiger partial charge < -0.3 is 9.47 Å². The first-order chi connectivity index (χ1) is 23.7. The van der Waals surface area contributed by atoms with Gasteiger partial charge in [0.1, 0.15) is 11.5 Å². The van der Waals surface area contributed by atoms with Gasteiger partial charge in [0.15, 0.2) is 0 Å². The van der Waals surface area contributed by atoms with E-state index in [1.165, 1.54) is 0 Å². The van der Waals surface area contributed by atoms with Crippen LogP contribution >= 0.6 is 0 Å². The third kappa shape index (κ3) is 5.14. The van der Waals surface area contributed by atoms with E-state index in [9.17, 15) is 0 Å². The van der Waals surface area contributed by atoms with Gasteiger partial charge >= 0.3 is 0 Å². The molecule has 2 aromatic heterocycles. The Morgan fingerprint density at radius 1 is 0.333 bits per heavy atom. The lowest BCUT2D eigenvalue weighted by molar-refractivity contribution is 0.415. The lowest BCUT2D eigenvalue weighted by atomic mass is 9.89. The van der Waals surface area contributed by atoms with Gasteiger partial charge in [-0.2, -0.15) is 0 Å². The van der Waals surface area contributed by atoms with Crippen molar-refractivity contribution in [2.45, 2.75) is 0 Å². The molecular formula is C44H32N2O2. The van der Waals surface area contributed by atoms with Crippen LogP contribution in [0, 0.1) is 0 Å². The molecule has 0 fully saturated rings. The Bertz CT molecular complexity index is 2220. The Kier molecular flexibility index (Phi) is 7.60. The van der Waals surface area contributed by atoms with Gasteiger partial charge in [-0.3, -0.25) is 0 Å². The lowest BCUT2D eigenvalue weighted by Crippen LogP contribution is -2.01. The minimum atomic E-state index is 0.780. The van der Waals surface area contributed by atoms with E-state index in [0.717, 1.165) is 89.2 Å². The molecule has 0 bridgehead atoms. The van der Waals surface area contributed by atoms with Crippen molar-refractivity contribution < 1.29 is 9.47 Å². The van der Waals surface area contributed by atoms with Crippen LogP contribution < -0.4 is 9.47 Å². The van der Waals surface area contributed by atoms with Gasteiger partial charge in [-0.1, -0.05) is 121 Å². The number of hydrogen-bond donors (Lipinski definition) is 0. The standard InChI is InChI=1S/C44H32N2O2/c1-47-33-23-25-35-37(27-33)39(29-15-7-3-8-16-29)41(31-19-11-5-12-20-31)45-43(35)44-36-26-24-34(48-2)28-38(36)40(30-17-9-4-10-18-30)42(46-44)32-21-13-6-14-22-32/h3-28H,1-2H3. The number of hydrogen-bond acceptors (Lipinski definition) is 4. The highest BCUT2D eigenvalue weighted by atomic mass is 16.5. The number of methoxy groups -OCH3 is 2. The van der Waals surface area contributed by atoms with Crippen LogP contribution in [-0.4, -0.2) is 24.2 Å². The SMILES string of the molecule is COc1ccc2c(-c3nc(-c4ccccc4)c(-c4ccccc4)c4cc(OC)ccc34)nc(-c3ccccc3)c(-c3ccccc3)c2c1. The number of pyridine rings is 2. The minimum absolute atomic E-state index is 0.780. The van der Waals surface area contributed by atoms with Crippen molar-refractivity contribution in [2.75, 3.05) is 14.2 Å². The van der Waals surface area contributed by atoms with Crippen molar-refractivity contribution in [1.82, 2.24) is 9.97 Å². The molecule has 0 aliphatic carbocycles. The Morgan fingerprint density at radius 3 is 1.00 bits per heavy atom. The number of aromatic nitrogens is 2. The van der Waals surface area contributed by atoms with E-state index >= 15 is 0 Å². The molecule has 0 saturated carbocycles. The Hall–Kier alpha value is -6.26. The zero-order chi connectivity index (χ0) is 32.5. The highest BCUT2D eigenvalue weighted by Gasteiger charge is 2.24. The molecular weight excluding hydrogens is 588 g/mol. The maximum atomic E-state index is 5.79. The number of benzene rings is 6. The molecule has 0 atom stereocenters. The average molecular weight is 621 g/mol. The highest BCUT2D eigenvalue weighted by molar-refractivity contribution is 6.14. The Balaban J connectivity index is 1.56. The van der Waals surface area contributed by atoms with Crippen LogP contribution in [0.15, 0.2) is 158 Å². The molecule has 8 aromatic rings. The molecule has 0 unspecified atom stereocenters. The predicted octanol–water partition coefficient (Wildman–Crippen LogP) is 11.1. The maximum absolute atomic E-state index is 5.79. The summed E-state index contributed by atoms with van der Waals surface area (Å²) < 4.78 is 11.6. The summed E-state index contributed by atoms with van der Waals surface area (Å²) in [6.07, 6.45) is 0. The fraction of sp³-hybridized carbons (Fsp3) is 0.0455. The predicted molar refractivity (Wildman–Crippen MR) is 197 cm³/mol.